The van der Waals surface area contributed by atoms with Crippen LogP contribution in [0.2, 0.25) is 0 Å². The van der Waals surface area contributed by atoms with Crippen molar-refractivity contribution in [2.45, 2.75) is 6.92 Å². The van der Waals surface area contributed by atoms with E-state index in [9.17, 15) is 4.79 Å². The van der Waals surface area contributed by atoms with Gasteiger partial charge in [-0.2, -0.15) is 0 Å². The van der Waals surface area contributed by atoms with Crippen LogP contribution in [0, 0.1) is 6.92 Å². The van der Waals surface area contributed by atoms with Crippen molar-refractivity contribution in [2.24, 2.45) is 0 Å². The Morgan fingerprint density at radius 3 is 2.82 bits per heavy atom. The Labute approximate surface area is 128 Å². The summed E-state index contributed by atoms with van der Waals surface area (Å²) in [6.07, 6.45) is 3.43. The highest BCUT2D eigenvalue weighted by molar-refractivity contribution is 5.94. The predicted molar refractivity (Wildman–Crippen MR) is 79.9 cm³/mol. The van der Waals surface area contributed by atoms with Crippen LogP contribution in [0.15, 0.2) is 12.4 Å². The number of anilines is 1. The molecule has 1 fully saturated rings. The fraction of sp³-hybridized carbons (Fsp3) is 0.500. The second-order valence-electron chi connectivity index (χ2n) is 5.07. The lowest BCUT2D eigenvalue weighted by Crippen LogP contribution is -2.37. The van der Waals surface area contributed by atoms with Crippen molar-refractivity contribution in [3.05, 3.63) is 23.8 Å². The van der Waals surface area contributed by atoms with Gasteiger partial charge in [0.05, 0.1) is 26.0 Å². The normalized spacial score (nSPS) is 15.3. The van der Waals surface area contributed by atoms with Crippen LogP contribution in [0.1, 0.15) is 16.2 Å². The van der Waals surface area contributed by atoms with E-state index in [0.717, 1.165) is 18.9 Å². The van der Waals surface area contributed by atoms with Gasteiger partial charge in [-0.05, 0) is 6.92 Å². The average Bonchev–Trinajstić information content (AvgIpc) is 2.89. The maximum atomic E-state index is 12.4. The molecule has 3 rings (SSSR count). The number of hydroxylamine groups is 2. The summed E-state index contributed by atoms with van der Waals surface area (Å²) in [4.78, 5) is 28.5. The van der Waals surface area contributed by atoms with Gasteiger partial charge in [-0.3, -0.25) is 14.0 Å². The summed E-state index contributed by atoms with van der Waals surface area (Å²) < 4.78 is 7.14. The molecule has 0 unspecified atom stereocenters. The summed E-state index contributed by atoms with van der Waals surface area (Å²) in [7, 11) is 3.03. The van der Waals surface area contributed by atoms with Crippen LogP contribution in [-0.4, -0.2) is 65.8 Å². The van der Waals surface area contributed by atoms with Gasteiger partial charge in [-0.15, -0.1) is 0 Å². The smallest absolute Gasteiger partial charge is 0.296 e. The Bertz CT molecular complexity index is 693. The molecule has 1 aliphatic heterocycles. The van der Waals surface area contributed by atoms with Gasteiger partial charge in [0.25, 0.3) is 5.91 Å². The highest BCUT2D eigenvalue weighted by atomic mass is 16.7. The molecule has 0 aliphatic carbocycles. The van der Waals surface area contributed by atoms with E-state index in [1.807, 2.05) is 6.92 Å². The van der Waals surface area contributed by atoms with Gasteiger partial charge in [0, 0.05) is 32.5 Å². The van der Waals surface area contributed by atoms with Crippen LogP contribution in [0.3, 0.4) is 0 Å². The lowest BCUT2D eigenvalue weighted by Gasteiger charge is -2.27. The third kappa shape index (κ3) is 2.40. The molecule has 3 heterocycles. The molecule has 0 aromatic carbocycles. The van der Waals surface area contributed by atoms with Crippen molar-refractivity contribution in [1.29, 1.82) is 0 Å². The fourth-order valence-corrected chi connectivity index (χ4v) is 2.57. The van der Waals surface area contributed by atoms with Gasteiger partial charge in [0.2, 0.25) is 0 Å². The number of nitrogens with zero attached hydrogens (tertiary/aromatic N) is 5. The second kappa shape index (κ2) is 5.90. The van der Waals surface area contributed by atoms with E-state index < -0.39 is 0 Å². The number of carbonyl (C=O) groups is 1. The van der Waals surface area contributed by atoms with Crippen molar-refractivity contribution in [3.8, 4) is 0 Å². The zero-order chi connectivity index (χ0) is 15.7. The molecule has 2 aromatic rings. The number of amides is 1. The first-order valence-electron chi connectivity index (χ1n) is 7.12. The van der Waals surface area contributed by atoms with E-state index in [4.69, 9.17) is 9.57 Å². The molecule has 0 bridgehead atoms. The van der Waals surface area contributed by atoms with E-state index in [-0.39, 0.29) is 5.91 Å². The Hall–Kier alpha value is -2.19. The number of carbonyl (C=O) groups excluding carboxylic acids is 1. The minimum atomic E-state index is -0.244. The number of aryl methyl sites for hydroxylation is 1. The molecule has 8 heteroatoms. The minimum absolute atomic E-state index is 0.244. The molecule has 0 N–H and O–H groups in total. The van der Waals surface area contributed by atoms with Crippen LogP contribution in [0.25, 0.3) is 5.65 Å². The predicted octanol–water partition coefficient (Wildman–Crippen LogP) is 0.508. The molecule has 0 radical (unpaired) electrons. The first-order valence-corrected chi connectivity index (χ1v) is 7.12. The summed E-state index contributed by atoms with van der Waals surface area (Å²) in [6, 6.07) is 0. The van der Waals surface area contributed by atoms with Crippen molar-refractivity contribution in [3.63, 3.8) is 0 Å². The van der Waals surface area contributed by atoms with Crippen LogP contribution >= 0.6 is 0 Å². The molecule has 0 spiro atoms. The Balaban J connectivity index is 2.09. The zero-order valence-corrected chi connectivity index (χ0v) is 12.9. The molecular weight excluding hydrogens is 286 g/mol. The quantitative estimate of drug-likeness (QED) is 0.769. The summed E-state index contributed by atoms with van der Waals surface area (Å²) in [6.45, 7) is 4.67. The molecule has 2 aromatic heterocycles. The van der Waals surface area contributed by atoms with E-state index in [1.54, 1.807) is 23.8 Å². The molecule has 1 saturated heterocycles. The highest BCUT2D eigenvalue weighted by Gasteiger charge is 2.24. The summed E-state index contributed by atoms with van der Waals surface area (Å²) >= 11 is 0. The first-order chi connectivity index (χ1) is 10.6. The van der Waals surface area contributed by atoms with Crippen molar-refractivity contribution >= 4 is 17.4 Å². The van der Waals surface area contributed by atoms with Crippen molar-refractivity contribution in [2.75, 3.05) is 45.4 Å². The van der Waals surface area contributed by atoms with E-state index in [2.05, 4.69) is 14.9 Å². The van der Waals surface area contributed by atoms with Gasteiger partial charge >= 0.3 is 0 Å². The van der Waals surface area contributed by atoms with Gasteiger partial charge in [-0.25, -0.2) is 15.0 Å². The van der Waals surface area contributed by atoms with Crippen LogP contribution in [-0.2, 0) is 9.57 Å². The number of hydrogen-bond donors (Lipinski definition) is 0. The van der Waals surface area contributed by atoms with Crippen molar-refractivity contribution < 1.29 is 14.4 Å². The minimum Gasteiger partial charge on any atom is -0.378 e. The largest absolute Gasteiger partial charge is 0.378 e. The van der Waals surface area contributed by atoms with Crippen LogP contribution in [0.4, 0.5) is 5.82 Å². The Kier molecular flexibility index (Phi) is 3.95. The maximum absolute atomic E-state index is 12.4. The molecule has 118 valence electrons. The molecule has 1 amide bonds. The molecule has 8 nitrogen and oxygen atoms in total. The standard InChI is InChI=1S/C14H19N5O3/c1-10-11(14(20)17(2)21-3)19-5-4-15-12(13(19)16-10)18-6-8-22-9-7-18/h4-5H,6-9H2,1-3H3. The maximum Gasteiger partial charge on any atom is 0.296 e. The lowest BCUT2D eigenvalue weighted by atomic mass is 10.3. The van der Waals surface area contributed by atoms with Gasteiger partial charge in [0.15, 0.2) is 11.5 Å². The SMILES string of the molecule is CON(C)C(=O)c1c(C)nc2c(N3CCOCC3)nccn12. The van der Waals surface area contributed by atoms with E-state index >= 15 is 0 Å². The van der Waals surface area contributed by atoms with Crippen molar-refractivity contribution in [1.82, 2.24) is 19.4 Å². The van der Waals surface area contributed by atoms with E-state index in [1.165, 1.54) is 12.2 Å². The number of morpholine rings is 1. The molecule has 0 saturated carbocycles. The zero-order valence-electron chi connectivity index (χ0n) is 12.9. The Morgan fingerprint density at radius 2 is 2.14 bits per heavy atom. The number of ether oxygens (including phenoxy) is 1. The number of rotatable bonds is 3. The van der Waals surface area contributed by atoms with E-state index in [0.29, 0.717) is 30.2 Å². The molecule has 1 aliphatic rings. The number of fused-ring (bicyclic) bond motifs is 1. The molecule has 0 atom stereocenters. The van der Waals surface area contributed by atoms with Crippen LogP contribution < -0.4 is 4.90 Å². The number of aromatic nitrogens is 3. The van der Waals surface area contributed by atoms with Gasteiger partial charge < -0.3 is 9.64 Å². The second-order valence-corrected chi connectivity index (χ2v) is 5.07. The molecule has 22 heavy (non-hydrogen) atoms. The monoisotopic (exact) mass is 305 g/mol. The summed E-state index contributed by atoms with van der Waals surface area (Å²) in [5.41, 5.74) is 1.81. The highest BCUT2D eigenvalue weighted by Crippen LogP contribution is 2.22. The molecular formula is C14H19N5O3. The van der Waals surface area contributed by atoms with Gasteiger partial charge in [0.1, 0.15) is 5.69 Å². The lowest BCUT2D eigenvalue weighted by molar-refractivity contribution is -0.0761. The topological polar surface area (TPSA) is 72.2 Å². The third-order valence-electron chi connectivity index (χ3n) is 3.77. The number of hydrogen-bond acceptors (Lipinski definition) is 6. The summed E-state index contributed by atoms with van der Waals surface area (Å²) in [5, 5.41) is 1.19. The Morgan fingerprint density at radius 1 is 1.41 bits per heavy atom. The fourth-order valence-electron chi connectivity index (χ4n) is 2.57. The summed E-state index contributed by atoms with van der Waals surface area (Å²) in [5.74, 6) is 0.527. The first kappa shape index (κ1) is 14.7. The third-order valence-corrected chi connectivity index (χ3v) is 3.77. The number of imidazole rings is 1. The van der Waals surface area contributed by atoms with Gasteiger partial charge in [-0.1, -0.05) is 0 Å². The van der Waals surface area contributed by atoms with Crippen LogP contribution in [0.5, 0.6) is 0 Å². The average molecular weight is 305 g/mol.